The molecule has 0 fully saturated rings. The van der Waals surface area contributed by atoms with Crippen molar-refractivity contribution in [1.82, 2.24) is 4.98 Å². The Kier molecular flexibility index (Phi) is 5.33. The molecule has 1 N–H and O–H groups in total. The van der Waals surface area contributed by atoms with Gasteiger partial charge >= 0.3 is 0 Å². The Hall–Kier alpha value is -2.41. The predicted molar refractivity (Wildman–Crippen MR) is 87.5 cm³/mol. The van der Waals surface area contributed by atoms with E-state index in [1.807, 2.05) is 6.92 Å². The van der Waals surface area contributed by atoms with E-state index in [0.29, 0.717) is 17.9 Å². The summed E-state index contributed by atoms with van der Waals surface area (Å²) in [6.07, 6.45) is 1.55. The van der Waals surface area contributed by atoms with Gasteiger partial charge in [-0.3, -0.25) is 4.79 Å². The fourth-order valence-electron chi connectivity index (χ4n) is 1.93. The van der Waals surface area contributed by atoms with Crippen LogP contribution in [0.4, 0.5) is 5.69 Å². The molecule has 0 aliphatic carbocycles. The molecule has 122 valence electrons. The zero-order valence-electron chi connectivity index (χ0n) is 12.9. The molecule has 2 aromatic rings. The lowest BCUT2D eigenvalue weighted by molar-refractivity contribution is 0.102. The first kappa shape index (κ1) is 17.0. The number of rotatable bonds is 6. The Morgan fingerprint density at radius 3 is 2.48 bits per heavy atom. The summed E-state index contributed by atoms with van der Waals surface area (Å²) in [6, 6.07) is 9.31. The maximum absolute atomic E-state index is 12.3. The highest BCUT2D eigenvalue weighted by Gasteiger charge is 2.15. The second-order valence-corrected chi connectivity index (χ2v) is 6.95. The van der Waals surface area contributed by atoms with Gasteiger partial charge in [0.2, 0.25) is 5.88 Å². The summed E-state index contributed by atoms with van der Waals surface area (Å²) in [7, 11) is -3.25. The molecule has 0 bridgehead atoms. The minimum atomic E-state index is -3.25. The lowest BCUT2D eigenvalue weighted by Crippen LogP contribution is -2.14. The molecule has 1 heterocycles. The van der Waals surface area contributed by atoms with Crippen molar-refractivity contribution in [3.8, 4) is 5.88 Å². The van der Waals surface area contributed by atoms with E-state index in [2.05, 4.69) is 10.3 Å². The number of carbonyl (C=O) groups is 1. The van der Waals surface area contributed by atoms with Crippen LogP contribution in [0.3, 0.4) is 0 Å². The van der Waals surface area contributed by atoms with Crippen LogP contribution in [0.5, 0.6) is 5.88 Å². The highest BCUT2D eigenvalue weighted by Crippen LogP contribution is 2.19. The number of hydrogen-bond acceptors (Lipinski definition) is 5. The normalized spacial score (nSPS) is 11.0. The summed E-state index contributed by atoms with van der Waals surface area (Å²) in [5.41, 5.74) is 0.816. The molecule has 0 saturated heterocycles. The number of hydrogen-bond donors (Lipinski definition) is 1. The van der Waals surface area contributed by atoms with Crippen LogP contribution in [0, 0.1) is 0 Å². The van der Waals surface area contributed by atoms with Gasteiger partial charge in [0.05, 0.1) is 17.3 Å². The van der Waals surface area contributed by atoms with Gasteiger partial charge in [0.15, 0.2) is 9.84 Å². The van der Waals surface area contributed by atoms with Crippen LogP contribution >= 0.6 is 0 Å². The lowest BCUT2D eigenvalue weighted by Gasteiger charge is -2.10. The number of anilines is 1. The zero-order chi connectivity index (χ0) is 16.9. The number of nitrogens with one attached hydrogen (secondary N) is 1. The van der Waals surface area contributed by atoms with E-state index in [1.165, 1.54) is 12.1 Å². The van der Waals surface area contributed by atoms with Crippen LogP contribution in [0.15, 0.2) is 47.5 Å². The van der Waals surface area contributed by atoms with E-state index < -0.39 is 9.84 Å². The summed E-state index contributed by atoms with van der Waals surface area (Å²) >= 11 is 0. The van der Waals surface area contributed by atoms with Crippen molar-refractivity contribution in [3.63, 3.8) is 0 Å². The number of ether oxygens (including phenoxy) is 1. The molecule has 0 spiro atoms. The number of pyridine rings is 1. The third-order valence-corrected chi connectivity index (χ3v) is 4.90. The standard InChI is InChI=1S/C16H18N2O4S/c1-3-22-16-14(6-5-11-17-16)15(19)18-12-7-9-13(10-8-12)23(20,21)4-2/h5-11H,3-4H2,1-2H3,(H,18,19). The lowest BCUT2D eigenvalue weighted by atomic mass is 10.2. The smallest absolute Gasteiger partial charge is 0.261 e. The monoisotopic (exact) mass is 334 g/mol. The topological polar surface area (TPSA) is 85.4 Å². The van der Waals surface area contributed by atoms with E-state index in [4.69, 9.17) is 4.74 Å². The summed E-state index contributed by atoms with van der Waals surface area (Å²) in [4.78, 5) is 16.6. The number of nitrogens with zero attached hydrogens (tertiary/aromatic N) is 1. The zero-order valence-corrected chi connectivity index (χ0v) is 13.8. The second kappa shape index (κ2) is 7.23. The van der Waals surface area contributed by atoms with Gasteiger partial charge in [-0.25, -0.2) is 13.4 Å². The molecule has 0 aliphatic heterocycles. The molecular weight excluding hydrogens is 316 g/mol. The Labute approximate surface area is 135 Å². The molecule has 7 heteroatoms. The van der Waals surface area contributed by atoms with Crippen LogP contribution in [0.1, 0.15) is 24.2 Å². The quantitative estimate of drug-likeness (QED) is 0.877. The molecule has 2 rings (SSSR count). The minimum Gasteiger partial charge on any atom is -0.477 e. The highest BCUT2D eigenvalue weighted by atomic mass is 32.2. The molecule has 23 heavy (non-hydrogen) atoms. The second-order valence-electron chi connectivity index (χ2n) is 4.67. The first-order valence-electron chi connectivity index (χ1n) is 7.20. The molecule has 6 nitrogen and oxygen atoms in total. The molecular formula is C16H18N2O4S. The van der Waals surface area contributed by atoms with Crippen molar-refractivity contribution in [3.05, 3.63) is 48.2 Å². The van der Waals surface area contributed by atoms with E-state index in [9.17, 15) is 13.2 Å². The van der Waals surface area contributed by atoms with Crippen LogP contribution in [-0.4, -0.2) is 31.7 Å². The third-order valence-electron chi connectivity index (χ3n) is 3.15. The number of aromatic nitrogens is 1. The highest BCUT2D eigenvalue weighted by molar-refractivity contribution is 7.91. The van der Waals surface area contributed by atoms with Crippen molar-refractivity contribution < 1.29 is 17.9 Å². The maximum Gasteiger partial charge on any atom is 0.261 e. The van der Waals surface area contributed by atoms with Gasteiger partial charge < -0.3 is 10.1 Å². The summed E-state index contributed by atoms with van der Waals surface area (Å²) in [5.74, 6) is -0.0723. The molecule has 1 amide bonds. The first-order chi connectivity index (χ1) is 11.0. The van der Waals surface area contributed by atoms with Gasteiger partial charge in [-0.1, -0.05) is 6.92 Å². The predicted octanol–water partition coefficient (Wildman–Crippen LogP) is 2.53. The van der Waals surface area contributed by atoms with Crippen LogP contribution in [0.25, 0.3) is 0 Å². The van der Waals surface area contributed by atoms with E-state index >= 15 is 0 Å². The van der Waals surface area contributed by atoms with Gasteiger partial charge in [0, 0.05) is 11.9 Å². The van der Waals surface area contributed by atoms with Crippen LogP contribution < -0.4 is 10.1 Å². The van der Waals surface area contributed by atoms with Crippen molar-refractivity contribution in [2.24, 2.45) is 0 Å². The summed E-state index contributed by atoms with van der Waals surface area (Å²) in [5, 5.41) is 2.70. The summed E-state index contributed by atoms with van der Waals surface area (Å²) < 4.78 is 28.8. The average Bonchev–Trinajstić information content (AvgIpc) is 2.56. The van der Waals surface area contributed by atoms with Gasteiger partial charge in [0.1, 0.15) is 5.56 Å². The fourth-order valence-corrected chi connectivity index (χ4v) is 2.81. The molecule has 0 atom stereocenters. The van der Waals surface area contributed by atoms with Crippen molar-refractivity contribution in [1.29, 1.82) is 0 Å². The molecule has 1 aromatic carbocycles. The molecule has 0 radical (unpaired) electrons. The minimum absolute atomic E-state index is 0.0338. The third kappa shape index (κ3) is 4.07. The SMILES string of the molecule is CCOc1ncccc1C(=O)Nc1ccc(S(=O)(=O)CC)cc1. The molecule has 0 saturated carbocycles. The molecule has 1 aromatic heterocycles. The number of sulfone groups is 1. The molecule has 0 unspecified atom stereocenters. The Balaban J connectivity index is 2.18. The maximum atomic E-state index is 12.3. The van der Waals surface area contributed by atoms with Crippen LogP contribution in [-0.2, 0) is 9.84 Å². The number of amides is 1. The fraction of sp³-hybridized carbons (Fsp3) is 0.250. The van der Waals surface area contributed by atoms with Crippen LogP contribution in [0.2, 0.25) is 0 Å². The van der Waals surface area contributed by atoms with Gasteiger partial charge in [-0.05, 0) is 43.3 Å². The van der Waals surface area contributed by atoms with Crippen molar-refractivity contribution in [2.45, 2.75) is 18.7 Å². The van der Waals surface area contributed by atoms with E-state index in [-0.39, 0.29) is 22.4 Å². The van der Waals surface area contributed by atoms with Gasteiger partial charge in [-0.2, -0.15) is 0 Å². The molecule has 0 aliphatic rings. The van der Waals surface area contributed by atoms with Gasteiger partial charge in [0.25, 0.3) is 5.91 Å². The van der Waals surface area contributed by atoms with Crippen molar-refractivity contribution in [2.75, 3.05) is 17.7 Å². The largest absolute Gasteiger partial charge is 0.477 e. The Morgan fingerprint density at radius 2 is 1.87 bits per heavy atom. The van der Waals surface area contributed by atoms with Gasteiger partial charge in [-0.15, -0.1) is 0 Å². The van der Waals surface area contributed by atoms with E-state index in [0.717, 1.165) is 0 Å². The summed E-state index contributed by atoms with van der Waals surface area (Å²) in [6.45, 7) is 3.80. The number of carbonyl (C=O) groups excluding carboxylic acids is 1. The van der Waals surface area contributed by atoms with E-state index in [1.54, 1.807) is 37.4 Å². The van der Waals surface area contributed by atoms with Crippen molar-refractivity contribution >= 4 is 21.4 Å². The average molecular weight is 334 g/mol. The first-order valence-corrected chi connectivity index (χ1v) is 8.85. The Morgan fingerprint density at radius 1 is 1.17 bits per heavy atom. The Bertz CT molecular complexity index is 786. The number of benzene rings is 1.